The van der Waals surface area contributed by atoms with Crippen LogP contribution in [0.15, 0.2) is 17.8 Å². The second-order valence-electron chi connectivity index (χ2n) is 2.73. The van der Waals surface area contributed by atoms with Gasteiger partial charge in [-0.25, -0.2) is 10.4 Å². The minimum absolute atomic E-state index is 0.606. The zero-order valence-electron chi connectivity index (χ0n) is 7.52. The van der Waals surface area contributed by atoms with Crippen molar-refractivity contribution >= 4 is 5.84 Å². The van der Waals surface area contributed by atoms with E-state index in [-0.39, 0.29) is 0 Å². The van der Waals surface area contributed by atoms with Crippen molar-refractivity contribution in [2.75, 3.05) is 7.05 Å². The molecule has 0 aromatic heterocycles. The van der Waals surface area contributed by atoms with E-state index in [0.29, 0.717) is 5.92 Å². The second-order valence-corrected chi connectivity index (χ2v) is 2.73. The summed E-state index contributed by atoms with van der Waals surface area (Å²) >= 11 is 0. The molecule has 2 N–H and O–H groups in total. The van der Waals surface area contributed by atoms with Crippen LogP contribution in [0.3, 0.4) is 0 Å². The average molecular weight is 155 g/mol. The Hall–Kier alpha value is -0.830. The summed E-state index contributed by atoms with van der Waals surface area (Å²) in [5.41, 5.74) is 5.77. The Bertz CT molecular complexity index is 138. The van der Waals surface area contributed by atoms with Crippen LogP contribution >= 0.6 is 0 Å². The minimum Gasteiger partial charge on any atom is -0.310 e. The van der Waals surface area contributed by atoms with Crippen LogP contribution in [-0.4, -0.2) is 12.9 Å². The number of rotatable bonds is 4. The van der Waals surface area contributed by atoms with Crippen molar-refractivity contribution in [2.45, 2.75) is 20.3 Å². The van der Waals surface area contributed by atoms with Gasteiger partial charge in [0, 0.05) is 19.7 Å². The third-order valence-electron chi connectivity index (χ3n) is 1.12. The van der Waals surface area contributed by atoms with Gasteiger partial charge in [-0.2, -0.15) is 0 Å². The fraction of sp³-hybridized carbons (Fsp3) is 0.625. The molecular weight excluding hydrogens is 138 g/mol. The van der Waals surface area contributed by atoms with Crippen LogP contribution in [0.25, 0.3) is 0 Å². The van der Waals surface area contributed by atoms with Crippen LogP contribution < -0.4 is 10.9 Å². The quantitative estimate of drug-likeness (QED) is 0.365. The zero-order chi connectivity index (χ0) is 8.69. The molecule has 0 aromatic carbocycles. The van der Waals surface area contributed by atoms with Crippen LogP contribution in [0.2, 0.25) is 0 Å². The number of hydrogen-bond donors (Lipinski definition) is 2. The third kappa shape index (κ3) is 5.61. The van der Waals surface area contributed by atoms with Crippen molar-refractivity contribution in [1.82, 2.24) is 10.9 Å². The van der Waals surface area contributed by atoms with E-state index in [0.717, 1.165) is 12.3 Å². The van der Waals surface area contributed by atoms with Gasteiger partial charge in [0.25, 0.3) is 0 Å². The standard InChI is InChI=1S/C8H17N3/c1-5-10-8(11-9-4)6-7(2)3/h5,7,9H,1,6H2,2-4H3,(H,10,11). The third-order valence-corrected chi connectivity index (χ3v) is 1.12. The topological polar surface area (TPSA) is 36.4 Å². The van der Waals surface area contributed by atoms with Crippen molar-refractivity contribution in [3.8, 4) is 0 Å². The number of aliphatic imine (C=N–C) groups is 1. The maximum absolute atomic E-state index is 4.06. The molecule has 0 saturated heterocycles. The smallest absolute Gasteiger partial charge is 0.116 e. The van der Waals surface area contributed by atoms with Crippen LogP contribution in [0.1, 0.15) is 20.3 Å². The van der Waals surface area contributed by atoms with Gasteiger partial charge >= 0.3 is 0 Å². The number of nitrogens with zero attached hydrogens (tertiary/aromatic N) is 1. The molecule has 0 radical (unpaired) electrons. The fourth-order valence-electron chi connectivity index (χ4n) is 0.777. The predicted molar refractivity (Wildman–Crippen MR) is 49.3 cm³/mol. The van der Waals surface area contributed by atoms with E-state index in [4.69, 9.17) is 0 Å². The van der Waals surface area contributed by atoms with Crippen LogP contribution in [0, 0.1) is 5.92 Å². The van der Waals surface area contributed by atoms with Gasteiger partial charge in [0.2, 0.25) is 0 Å². The second kappa shape index (κ2) is 5.92. The molecular formula is C8H17N3. The van der Waals surface area contributed by atoms with Gasteiger partial charge < -0.3 is 5.43 Å². The number of hydrazine groups is 1. The Morgan fingerprint density at radius 3 is 2.64 bits per heavy atom. The van der Waals surface area contributed by atoms with Gasteiger partial charge in [0.05, 0.1) is 0 Å². The Labute approximate surface area is 68.6 Å². The number of amidine groups is 1. The first-order valence-electron chi connectivity index (χ1n) is 3.81. The van der Waals surface area contributed by atoms with Gasteiger partial charge in [0.15, 0.2) is 0 Å². The molecule has 64 valence electrons. The predicted octanol–water partition coefficient (Wildman–Crippen LogP) is 1.30. The summed E-state index contributed by atoms with van der Waals surface area (Å²) < 4.78 is 0. The van der Waals surface area contributed by atoms with E-state index in [2.05, 4.69) is 36.3 Å². The van der Waals surface area contributed by atoms with E-state index in [1.165, 1.54) is 0 Å². The van der Waals surface area contributed by atoms with E-state index < -0.39 is 0 Å². The number of nitrogens with one attached hydrogen (secondary N) is 2. The molecule has 11 heavy (non-hydrogen) atoms. The van der Waals surface area contributed by atoms with Crippen molar-refractivity contribution < 1.29 is 0 Å². The first-order chi connectivity index (χ1) is 5.20. The SMILES string of the molecule is C=C/N=C(/CC(C)C)NNC. The van der Waals surface area contributed by atoms with Crippen molar-refractivity contribution in [1.29, 1.82) is 0 Å². The molecule has 0 amide bonds. The molecule has 3 heteroatoms. The molecule has 0 bridgehead atoms. The highest BCUT2D eigenvalue weighted by Crippen LogP contribution is 1.99. The largest absolute Gasteiger partial charge is 0.310 e. The Balaban J connectivity index is 3.88. The van der Waals surface area contributed by atoms with E-state index >= 15 is 0 Å². The summed E-state index contributed by atoms with van der Waals surface area (Å²) in [5, 5.41) is 0. The van der Waals surface area contributed by atoms with Gasteiger partial charge in [-0.05, 0) is 5.92 Å². The Kier molecular flexibility index (Phi) is 5.47. The Morgan fingerprint density at radius 2 is 2.27 bits per heavy atom. The molecule has 0 aliphatic rings. The van der Waals surface area contributed by atoms with Gasteiger partial charge in [-0.1, -0.05) is 20.4 Å². The molecule has 0 heterocycles. The molecule has 3 nitrogen and oxygen atoms in total. The first-order valence-corrected chi connectivity index (χ1v) is 3.81. The molecule has 0 unspecified atom stereocenters. The highest BCUT2D eigenvalue weighted by Gasteiger charge is 1.99. The number of hydrogen-bond acceptors (Lipinski definition) is 2. The lowest BCUT2D eigenvalue weighted by atomic mass is 10.1. The molecule has 0 spiro atoms. The molecule has 0 aliphatic heterocycles. The normalized spacial score (nSPS) is 11.8. The lowest BCUT2D eigenvalue weighted by molar-refractivity contribution is 0.649. The molecule has 0 atom stereocenters. The molecule has 0 aliphatic carbocycles. The fourth-order valence-corrected chi connectivity index (χ4v) is 0.777. The van der Waals surface area contributed by atoms with Crippen LogP contribution in [0.5, 0.6) is 0 Å². The van der Waals surface area contributed by atoms with E-state index in [9.17, 15) is 0 Å². The van der Waals surface area contributed by atoms with Crippen LogP contribution in [-0.2, 0) is 0 Å². The zero-order valence-corrected chi connectivity index (χ0v) is 7.52. The summed E-state index contributed by atoms with van der Waals surface area (Å²) in [4.78, 5) is 4.06. The molecule has 0 rings (SSSR count). The van der Waals surface area contributed by atoms with Crippen molar-refractivity contribution in [3.63, 3.8) is 0 Å². The highest BCUT2D eigenvalue weighted by molar-refractivity contribution is 5.82. The van der Waals surface area contributed by atoms with E-state index in [1.807, 2.05) is 7.05 Å². The lowest BCUT2D eigenvalue weighted by Gasteiger charge is -2.09. The van der Waals surface area contributed by atoms with E-state index in [1.54, 1.807) is 6.20 Å². The highest BCUT2D eigenvalue weighted by atomic mass is 15.4. The van der Waals surface area contributed by atoms with Gasteiger partial charge in [-0.3, -0.25) is 0 Å². The molecule has 0 aromatic rings. The minimum atomic E-state index is 0.606. The first kappa shape index (κ1) is 10.2. The van der Waals surface area contributed by atoms with Crippen molar-refractivity contribution in [2.24, 2.45) is 10.9 Å². The van der Waals surface area contributed by atoms with Crippen molar-refractivity contribution in [3.05, 3.63) is 12.8 Å². The molecule has 0 saturated carbocycles. The summed E-state index contributed by atoms with van der Waals surface area (Å²) in [6.07, 6.45) is 2.48. The monoisotopic (exact) mass is 155 g/mol. The lowest BCUT2D eigenvalue weighted by Crippen LogP contribution is -2.34. The summed E-state index contributed by atoms with van der Waals surface area (Å²) in [5.74, 6) is 1.53. The summed E-state index contributed by atoms with van der Waals surface area (Å²) in [7, 11) is 1.82. The van der Waals surface area contributed by atoms with Gasteiger partial charge in [-0.15, -0.1) is 0 Å². The van der Waals surface area contributed by atoms with Gasteiger partial charge in [0.1, 0.15) is 5.84 Å². The summed E-state index contributed by atoms with van der Waals surface area (Å²) in [6, 6.07) is 0. The molecule has 0 fully saturated rings. The average Bonchev–Trinajstić information content (AvgIpc) is 1.87. The Morgan fingerprint density at radius 1 is 1.64 bits per heavy atom. The summed E-state index contributed by atoms with van der Waals surface area (Å²) in [6.45, 7) is 7.83. The maximum atomic E-state index is 4.06. The maximum Gasteiger partial charge on any atom is 0.116 e. The van der Waals surface area contributed by atoms with Crippen LogP contribution in [0.4, 0.5) is 0 Å².